The molecule has 300 valence electrons. The van der Waals surface area contributed by atoms with E-state index in [2.05, 4.69) is 228 Å². The molecule has 0 aliphatic rings. The first kappa shape index (κ1) is 36.1. The van der Waals surface area contributed by atoms with Crippen LogP contribution < -0.4 is 4.90 Å². The fraction of sp³-hybridized carbons (Fsp3) is 0. The van der Waals surface area contributed by atoms with Gasteiger partial charge in [0.2, 0.25) is 0 Å². The minimum atomic E-state index is 0.855. The summed E-state index contributed by atoms with van der Waals surface area (Å²) in [6.07, 6.45) is 0. The maximum Gasteiger partial charge on any atom is 0.159 e. The molecule has 0 radical (unpaired) electrons. The van der Waals surface area contributed by atoms with Crippen LogP contribution in [-0.2, 0) is 0 Å². The molecule has 0 bridgehead atoms. The Labute approximate surface area is 369 Å². The van der Waals surface area contributed by atoms with Crippen molar-refractivity contribution in [2.45, 2.75) is 0 Å². The van der Waals surface area contributed by atoms with E-state index in [0.717, 1.165) is 88.8 Å². The van der Waals surface area contributed by atoms with Crippen LogP contribution in [0.4, 0.5) is 17.1 Å². The van der Waals surface area contributed by atoms with Crippen molar-refractivity contribution in [1.29, 1.82) is 0 Å². The van der Waals surface area contributed by atoms with Gasteiger partial charge in [0.1, 0.15) is 16.7 Å². The van der Waals surface area contributed by atoms with Crippen molar-refractivity contribution in [3.05, 3.63) is 231 Å². The Balaban J connectivity index is 0.927. The lowest BCUT2D eigenvalue weighted by Crippen LogP contribution is -2.09. The number of anilines is 3. The van der Waals surface area contributed by atoms with Crippen LogP contribution >= 0.6 is 0 Å². The van der Waals surface area contributed by atoms with Gasteiger partial charge < -0.3 is 18.3 Å². The van der Waals surface area contributed by atoms with Crippen LogP contribution in [0.1, 0.15) is 0 Å². The van der Waals surface area contributed by atoms with Crippen molar-refractivity contribution in [3.8, 4) is 39.1 Å². The number of nitrogens with zero attached hydrogens (tertiary/aromatic N) is 2. The van der Waals surface area contributed by atoms with Gasteiger partial charge in [-0.15, -0.1) is 0 Å². The summed E-state index contributed by atoms with van der Waals surface area (Å²) in [5, 5.41) is 6.77. The third-order valence-electron chi connectivity index (χ3n) is 12.8. The number of para-hydroxylation sites is 3. The van der Waals surface area contributed by atoms with Crippen LogP contribution in [0.2, 0.25) is 0 Å². The van der Waals surface area contributed by atoms with Crippen molar-refractivity contribution in [2.24, 2.45) is 0 Å². The van der Waals surface area contributed by atoms with Gasteiger partial charge in [0.05, 0.1) is 16.7 Å². The predicted octanol–water partition coefficient (Wildman–Crippen LogP) is 17.1. The largest absolute Gasteiger partial charge is 0.456 e. The van der Waals surface area contributed by atoms with E-state index in [9.17, 15) is 0 Å². The van der Waals surface area contributed by atoms with E-state index in [4.69, 9.17) is 8.83 Å². The minimum Gasteiger partial charge on any atom is -0.456 e. The van der Waals surface area contributed by atoms with Crippen LogP contribution in [0.5, 0.6) is 0 Å². The van der Waals surface area contributed by atoms with Gasteiger partial charge in [-0.25, -0.2) is 0 Å². The average Bonchev–Trinajstić information content (AvgIpc) is 4.04. The summed E-state index contributed by atoms with van der Waals surface area (Å²) in [6, 6.07) is 82.1. The Morgan fingerprint density at radius 1 is 0.281 bits per heavy atom. The first-order chi connectivity index (χ1) is 31.7. The van der Waals surface area contributed by atoms with E-state index in [-0.39, 0.29) is 0 Å². The van der Waals surface area contributed by atoms with Gasteiger partial charge in [-0.1, -0.05) is 146 Å². The molecule has 3 heterocycles. The smallest absolute Gasteiger partial charge is 0.159 e. The number of rotatable bonds is 7. The van der Waals surface area contributed by atoms with Crippen molar-refractivity contribution in [2.75, 3.05) is 4.90 Å². The molecule has 64 heavy (non-hydrogen) atoms. The number of hydrogen-bond acceptors (Lipinski definition) is 3. The summed E-state index contributed by atoms with van der Waals surface area (Å²) in [5.74, 6) is 0. The van der Waals surface area contributed by atoms with Crippen molar-refractivity contribution >= 4 is 82.7 Å². The highest BCUT2D eigenvalue weighted by atomic mass is 16.3. The molecule has 13 aromatic rings. The van der Waals surface area contributed by atoms with Gasteiger partial charge in [-0.2, -0.15) is 0 Å². The maximum atomic E-state index is 6.55. The van der Waals surface area contributed by atoms with Crippen LogP contribution in [0.15, 0.2) is 239 Å². The molecule has 10 aromatic carbocycles. The first-order valence-electron chi connectivity index (χ1n) is 21.7. The van der Waals surface area contributed by atoms with Gasteiger partial charge in [0.15, 0.2) is 5.58 Å². The van der Waals surface area contributed by atoms with E-state index in [1.165, 1.54) is 33.0 Å². The molecule has 4 nitrogen and oxygen atoms in total. The SMILES string of the molecule is c1ccc(-c2ccc(N(c3ccc(-c4ccccc4)cc3)c3ccc4oc5ccc(-c6ccc7c(c6)c6ccccc6n7-c6cccc7c6oc6ccccc67)cc5c4c3)cc2)cc1. The molecular weight excluding hydrogens is 781 g/mol. The molecule has 0 N–H and O–H groups in total. The van der Waals surface area contributed by atoms with Gasteiger partial charge in [0.25, 0.3) is 0 Å². The Bertz CT molecular complexity index is 3790. The van der Waals surface area contributed by atoms with E-state index >= 15 is 0 Å². The standard InChI is InChI=1S/C60H38N2O2/c1-3-12-39(13-4-1)41-22-28-45(29-23-41)61(46-30-24-42(25-31-46)40-14-5-2-6-15-40)47-32-35-59-53(38-47)52-37-44(27-34-58(52)63-59)43-26-33-55-51(36-43)48-16-7-9-19-54(48)62(55)56-20-11-18-50-49-17-8-10-21-57(49)64-60(50)56/h1-38H. The highest BCUT2D eigenvalue weighted by Crippen LogP contribution is 2.43. The third kappa shape index (κ3) is 5.84. The number of fused-ring (bicyclic) bond motifs is 9. The van der Waals surface area contributed by atoms with Crippen molar-refractivity contribution in [1.82, 2.24) is 4.57 Å². The zero-order chi connectivity index (χ0) is 42.1. The lowest BCUT2D eigenvalue weighted by molar-refractivity contribution is 0.666. The Kier molecular flexibility index (Phi) is 8.18. The summed E-state index contributed by atoms with van der Waals surface area (Å²) >= 11 is 0. The highest BCUT2D eigenvalue weighted by molar-refractivity contribution is 6.14. The summed E-state index contributed by atoms with van der Waals surface area (Å²) < 4.78 is 15.4. The van der Waals surface area contributed by atoms with Crippen LogP contribution in [0.3, 0.4) is 0 Å². The molecule has 0 spiro atoms. The number of benzene rings is 10. The van der Waals surface area contributed by atoms with Crippen LogP contribution in [0, 0.1) is 0 Å². The van der Waals surface area contributed by atoms with Gasteiger partial charge in [-0.05, 0) is 118 Å². The van der Waals surface area contributed by atoms with Crippen LogP contribution in [-0.4, -0.2) is 4.57 Å². The summed E-state index contributed by atoms with van der Waals surface area (Å²) in [4.78, 5) is 2.33. The second-order valence-electron chi connectivity index (χ2n) is 16.5. The Hall–Kier alpha value is -8.60. The molecule has 0 aliphatic heterocycles. The molecule has 0 amide bonds. The van der Waals surface area contributed by atoms with Crippen LogP contribution in [0.25, 0.3) is 105 Å². The average molecular weight is 819 g/mol. The zero-order valence-electron chi connectivity index (χ0n) is 34.7. The molecule has 0 atom stereocenters. The topological polar surface area (TPSA) is 34.5 Å². The lowest BCUT2D eigenvalue weighted by Gasteiger charge is -2.26. The molecule has 3 aromatic heterocycles. The highest BCUT2D eigenvalue weighted by Gasteiger charge is 2.20. The molecule has 0 fully saturated rings. The van der Waals surface area contributed by atoms with Crippen molar-refractivity contribution in [3.63, 3.8) is 0 Å². The number of aromatic nitrogens is 1. The maximum absolute atomic E-state index is 6.55. The second-order valence-corrected chi connectivity index (χ2v) is 16.5. The van der Waals surface area contributed by atoms with Crippen molar-refractivity contribution < 1.29 is 8.83 Å². The number of hydrogen-bond donors (Lipinski definition) is 0. The molecule has 0 aliphatic carbocycles. The van der Waals surface area contributed by atoms with Gasteiger partial charge in [-0.3, -0.25) is 0 Å². The quantitative estimate of drug-likeness (QED) is 0.161. The summed E-state index contributed by atoms with van der Waals surface area (Å²) in [7, 11) is 0. The molecule has 0 unspecified atom stereocenters. The lowest BCUT2D eigenvalue weighted by atomic mass is 10.0. The molecule has 0 saturated heterocycles. The molecule has 0 saturated carbocycles. The predicted molar refractivity (Wildman–Crippen MR) is 266 cm³/mol. The normalized spacial score (nSPS) is 11.8. The molecule has 13 rings (SSSR count). The Morgan fingerprint density at radius 3 is 1.47 bits per heavy atom. The minimum absolute atomic E-state index is 0.855. The molecule has 4 heteroatoms. The first-order valence-corrected chi connectivity index (χ1v) is 21.7. The summed E-state index contributed by atoms with van der Waals surface area (Å²) in [6.45, 7) is 0. The molecular formula is C60H38N2O2. The van der Waals surface area contributed by atoms with Gasteiger partial charge >= 0.3 is 0 Å². The summed E-state index contributed by atoms with van der Waals surface area (Å²) in [5.41, 5.74) is 17.0. The van der Waals surface area contributed by atoms with E-state index in [1.54, 1.807) is 0 Å². The van der Waals surface area contributed by atoms with E-state index in [0.29, 0.717) is 0 Å². The monoisotopic (exact) mass is 818 g/mol. The fourth-order valence-electron chi connectivity index (χ4n) is 9.72. The fourth-order valence-corrected chi connectivity index (χ4v) is 9.72. The third-order valence-corrected chi connectivity index (χ3v) is 12.8. The van der Waals surface area contributed by atoms with Gasteiger partial charge in [0, 0.05) is 49.4 Å². The zero-order valence-corrected chi connectivity index (χ0v) is 34.7. The van der Waals surface area contributed by atoms with E-state index in [1.807, 2.05) is 12.1 Å². The van der Waals surface area contributed by atoms with E-state index < -0.39 is 0 Å². The Morgan fingerprint density at radius 2 is 0.766 bits per heavy atom. The second kappa shape index (κ2) is 14.5. The number of furan rings is 2.